The normalized spacial score (nSPS) is 16.7. The second kappa shape index (κ2) is 4.97. The summed E-state index contributed by atoms with van der Waals surface area (Å²) >= 11 is 3.32. The zero-order chi connectivity index (χ0) is 11.5. The number of nitriles is 1. The number of thioether (sulfide) groups is 1. The van der Waals surface area contributed by atoms with Gasteiger partial charge >= 0.3 is 0 Å². The van der Waals surface area contributed by atoms with Gasteiger partial charge in [0.05, 0.1) is 6.07 Å². The van der Waals surface area contributed by atoms with Crippen LogP contribution in [0, 0.1) is 18.3 Å². The van der Waals surface area contributed by atoms with Gasteiger partial charge in [-0.1, -0.05) is 18.7 Å². The molecule has 0 aromatic carbocycles. The SMILES string of the molecule is Cc1csc(SC(C)CC(C)(N)C#N)n1. The predicted molar refractivity (Wildman–Crippen MR) is 65.0 cm³/mol. The highest BCUT2D eigenvalue weighted by atomic mass is 32.2. The highest BCUT2D eigenvalue weighted by Gasteiger charge is 2.22. The van der Waals surface area contributed by atoms with Crippen molar-refractivity contribution in [3.63, 3.8) is 0 Å². The van der Waals surface area contributed by atoms with Crippen molar-refractivity contribution in [2.24, 2.45) is 5.73 Å². The van der Waals surface area contributed by atoms with Gasteiger partial charge in [0.1, 0.15) is 9.88 Å². The van der Waals surface area contributed by atoms with E-state index in [4.69, 9.17) is 11.0 Å². The third-order valence-corrected chi connectivity index (χ3v) is 4.06. The number of thiazole rings is 1. The van der Waals surface area contributed by atoms with E-state index in [2.05, 4.69) is 18.0 Å². The van der Waals surface area contributed by atoms with Crippen LogP contribution in [0.1, 0.15) is 26.0 Å². The first-order chi connectivity index (χ1) is 6.93. The summed E-state index contributed by atoms with van der Waals surface area (Å²) in [6.45, 7) is 5.81. The fourth-order valence-electron chi connectivity index (χ4n) is 1.24. The van der Waals surface area contributed by atoms with E-state index in [0.29, 0.717) is 11.7 Å². The van der Waals surface area contributed by atoms with Crippen LogP contribution < -0.4 is 5.73 Å². The smallest absolute Gasteiger partial charge is 0.150 e. The minimum absolute atomic E-state index is 0.310. The molecule has 1 rings (SSSR count). The van der Waals surface area contributed by atoms with Crippen LogP contribution in [0.2, 0.25) is 0 Å². The van der Waals surface area contributed by atoms with Gasteiger partial charge in [0.25, 0.3) is 0 Å². The highest BCUT2D eigenvalue weighted by molar-refractivity contribution is 8.01. The van der Waals surface area contributed by atoms with E-state index in [0.717, 1.165) is 10.0 Å². The van der Waals surface area contributed by atoms with Crippen molar-refractivity contribution in [1.29, 1.82) is 5.26 Å². The maximum atomic E-state index is 8.82. The molecule has 0 radical (unpaired) electrons. The monoisotopic (exact) mass is 241 g/mol. The molecule has 0 saturated heterocycles. The van der Waals surface area contributed by atoms with Crippen molar-refractivity contribution in [3.8, 4) is 6.07 Å². The van der Waals surface area contributed by atoms with E-state index in [-0.39, 0.29) is 0 Å². The number of aryl methyl sites for hydroxylation is 1. The van der Waals surface area contributed by atoms with Gasteiger partial charge in [0, 0.05) is 16.3 Å². The maximum Gasteiger partial charge on any atom is 0.150 e. The molecule has 3 nitrogen and oxygen atoms in total. The Kier molecular flexibility index (Phi) is 4.14. The Morgan fingerprint density at radius 2 is 2.47 bits per heavy atom. The van der Waals surface area contributed by atoms with E-state index >= 15 is 0 Å². The van der Waals surface area contributed by atoms with E-state index in [1.165, 1.54) is 0 Å². The quantitative estimate of drug-likeness (QED) is 0.823. The lowest BCUT2D eigenvalue weighted by Gasteiger charge is -2.19. The van der Waals surface area contributed by atoms with Crippen molar-refractivity contribution in [1.82, 2.24) is 4.98 Å². The third-order valence-electron chi connectivity index (χ3n) is 1.87. The van der Waals surface area contributed by atoms with Crippen LogP contribution in [0.4, 0.5) is 0 Å². The van der Waals surface area contributed by atoms with Crippen molar-refractivity contribution in [3.05, 3.63) is 11.1 Å². The Morgan fingerprint density at radius 1 is 1.80 bits per heavy atom. The number of nitrogens with zero attached hydrogens (tertiary/aromatic N) is 2. The second-order valence-corrected chi connectivity index (χ2v) is 6.46. The molecule has 2 unspecified atom stereocenters. The fourth-order valence-corrected chi connectivity index (χ4v) is 3.59. The van der Waals surface area contributed by atoms with Gasteiger partial charge in [-0.25, -0.2) is 4.98 Å². The van der Waals surface area contributed by atoms with Crippen LogP contribution in [0.5, 0.6) is 0 Å². The molecule has 0 amide bonds. The lowest BCUT2D eigenvalue weighted by atomic mass is 10.00. The largest absolute Gasteiger partial charge is 0.314 e. The van der Waals surface area contributed by atoms with Crippen molar-refractivity contribution < 1.29 is 0 Å². The molecule has 2 atom stereocenters. The number of hydrogen-bond acceptors (Lipinski definition) is 5. The van der Waals surface area contributed by atoms with Gasteiger partial charge in [-0.2, -0.15) is 5.26 Å². The first-order valence-electron chi connectivity index (χ1n) is 4.72. The molecule has 1 aromatic rings. The second-order valence-electron chi connectivity index (χ2n) is 3.92. The molecule has 0 bridgehead atoms. The molecule has 0 saturated carbocycles. The summed E-state index contributed by atoms with van der Waals surface area (Å²) in [5.41, 5.74) is 6.09. The van der Waals surface area contributed by atoms with E-state index in [9.17, 15) is 0 Å². The Labute approximate surface area is 98.7 Å². The molecule has 0 fully saturated rings. The van der Waals surface area contributed by atoms with Crippen LogP contribution in [0.25, 0.3) is 0 Å². The Morgan fingerprint density at radius 3 is 2.93 bits per heavy atom. The van der Waals surface area contributed by atoms with Crippen LogP contribution in [0.15, 0.2) is 9.72 Å². The number of hydrogen-bond donors (Lipinski definition) is 1. The Bertz CT molecular complexity index is 365. The van der Waals surface area contributed by atoms with Crippen LogP contribution >= 0.6 is 23.1 Å². The topological polar surface area (TPSA) is 62.7 Å². The molecular formula is C10H15N3S2. The lowest BCUT2D eigenvalue weighted by Crippen LogP contribution is -2.36. The van der Waals surface area contributed by atoms with Crippen LogP contribution in [-0.4, -0.2) is 15.8 Å². The summed E-state index contributed by atoms with van der Waals surface area (Å²) in [5, 5.41) is 11.2. The summed E-state index contributed by atoms with van der Waals surface area (Å²) in [6, 6.07) is 2.11. The molecule has 5 heteroatoms. The zero-order valence-electron chi connectivity index (χ0n) is 9.15. The first-order valence-corrected chi connectivity index (χ1v) is 6.48. The summed E-state index contributed by atoms with van der Waals surface area (Å²) in [5.74, 6) is 0. The van der Waals surface area contributed by atoms with Crippen molar-refractivity contribution in [2.75, 3.05) is 0 Å². The van der Waals surface area contributed by atoms with Crippen LogP contribution in [-0.2, 0) is 0 Å². The van der Waals surface area contributed by atoms with Crippen molar-refractivity contribution in [2.45, 2.75) is 42.3 Å². The van der Waals surface area contributed by atoms with Gasteiger partial charge < -0.3 is 5.73 Å². The van der Waals surface area contributed by atoms with Crippen molar-refractivity contribution >= 4 is 23.1 Å². The van der Waals surface area contributed by atoms with E-state index in [1.54, 1.807) is 30.0 Å². The lowest BCUT2D eigenvalue weighted by molar-refractivity contribution is 0.545. The molecular weight excluding hydrogens is 226 g/mol. The fraction of sp³-hybridized carbons (Fsp3) is 0.600. The molecule has 0 aliphatic carbocycles. The summed E-state index contributed by atoms with van der Waals surface area (Å²) in [6.07, 6.45) is 0.673. The van der Waals surface area contributed by atoms with Gasteiger partial charge in [0.15, 0.2) is 0 Å². The third kappa shape index (κ3) is 4.20. The predicted octanol–water partition coefficient (Wildman–Crippen LogP) is 2.56. The molecule has 1 heterocycles. The Balaban J connectivity index is 2.50. The number of nitrogens with two attached hydrogens (primary N) is 1. The average Bonchev–Trinajstić information content (AvgIpc) is 2.50. The molecule has 0 aliphatic heterocycles. The maximum absolute atomic E-state index is 8.82. The van der Waals surface area contributed by atoms with Gasteiger partial charge in [-0.3, -0.25) is 0 Å². The molecule has 2 N–H and O–H groups in total. The standard InChI is InChI=1S/C10H15N3S2/c1-7-5-14-9(13-7)15-8(2)4-10(3,12)6-11/h5,8H,4,12H2,1-3H3. The van der Waals surface area contributed by atoms with E-state index in [1.807, 2.05) is 12.3 Å². The minimum atomic E-state index is -0.737. The zero-order valence-corrected chi connectivity index (χ0v) is 10.8. The van der Waals surface area contributed by atoms with Gasteiger partial charge in [0.2, 0.25) is 0 Å². The highest BCUT2D eigenvalue weighted by Crippen LogP contribution is 2.30. The molecule has 0 aliphatic rings. The summed E-state index contributed by atoms with van der Waals surface area (Å²) in [4.78, 5) is 4.36. The summed E-state index contributed by atoms with van der Waals surface area (Å²) in [7, 11) is 0. The number of aromatic nitrogens is 1. The van der Waals surface area contributed by atoms with E-state index < -0.39 is 5.54 Å². The minimum Gasteiger partial charge on any atom is -0.314 e. The molecule has 1 aromatic heterocycles. The molecule has 82 valence electrons. The van der Waals surface area contributed by atoms with Gasteiger partial charge in [-0.15, -0.1) is 11.3 Å². The molecule has 0 spiro atoms. The Hall–Kier alpha value is -0.570. The van der Waals surface area contributed by atoms with Gasteiger partial charge in [-0.05, 0) is 20.3 Å². The molecule has 15 heavy (non-hydrogen) atoms. The van der Waals surface area contributed by atoms with Crippen LogP contribution in [0.3, 0.4) is 0 Å². The summed E-state index contributed by atoms with van der Waals surface area (Å²) < 4.78 is 1.05. The average molecular weight is 241 g/mol. The number of rotatable bonds is 4. The first kappa shape index (κ1) is 12.5.